The molecule has 0 aliphatic heterocycles. The largest absolute Gasteiger partial charge is 0.481 e. The zero-order valence-corrected chi connectivity index (χ0v) is 8.36. The van der Waals surface area contributed by atoms with Crippen LogP contribution < -0.4 is 0 Å². The third kappa shape index (κ3) is 2.83. The second kappa shape index (κ2) is 4.74. The van der Waals surface area contributed by atoms with Gasteiger partial charge in [-0.2, -0.15) is 4.98 Å². The Morgan fingerprint density at radius 3 is 2.93 bits per heavy atom. The summed E-state index contributed by atoms with van der Waals surface area (Å²) in [6, 6.07) is 0. The normalized spacial score (nSPS) is 12.7. The van der Waals surface area contributed by atoms with Crippen molar-refractivity contribution < 1.29 is 14.4 Å². The van der Waals surface area contributed by atoms with Crippen LogP contribution in [0.4, 0.5) is 0 Å². The number of aryl methyl sites for hydroxylation is 1. The number of carboxylic acid groups (broad SMARTS) is 1. The molecule has 0 bridgehead atoms. The van der Waals surface area contributed by atoms with E-state index in [1.54, 1.807) is 0 Å². The van der Waals surface area contributed by atoms with E-state index in [9.17, 15) is 4.79 Å². The van der Waals surface area contributed by atoms with E-state index in [1.807, 2.05) is 13.8 Å². The van der Waals surface area contributed by atoms with E-state index in [0.717, 1.165) is 6.42 Å². The molecule has 0 spiro atoms. The molecule has 0 fully saturated rings. The Kier molecular flexibility index (Phi) is 3.62. The summed E-state index contributed by atoms with van der Waals surface area (Å²) in [6.07, 6.45) is 1.28. The molecular weight excluding hydrogens is 184 g/mol. The molecule has 0 radical (unpaired) electrons. The van der Waals surface area contributed by atoms with Crippen LogP contribution in [-0.2, 0) is 11.2 Å². The van der Waals surface area contributed by atoms with Gasteiger partial charge in [0, 0.05) is 12.3 Å². The molecule has 14 heavy (non-hydrogen) atoms. The molecule has 1 N–H and O–H groups in total. The van der Waals surface area contributed by atoms with E-state index in [1.165, 1.54) is 0 Å². The van der Waals surface area contributed by atoms with E-state index in [2.05, 4.69) is 10.1 Å². The first-order valence-corrected chi connectivity index (χ1v) is 4.67. The molecule has 0 aliphatic rings. The fraction of sp³-hybridized carbons (Fsp3) is 0.667. The molecule has 0 saturated heterocycles. The SMILES string of the molecule is CCC(C)c1noc(CCC(=O)O)n1. The zero-order chi connectivity index (χ0) is 10.6. The average molecular weight is 198 g/mol. The summed E-state index contributed by atoms with van der Waals surface area (Å²) in [5.74, 6) is 0.473. The summed E-state index contributed by atoms with van der Waals surface area (Å²) in [7, 11) is 0. The van der Waals surface area contributed by atoms with Crippen molar-refractivity contribution in [3.63, 3.8) is 0 Å². The van der Waals surface area contributed by atoms with Gasteiger partial charge in [-0.1, -0.05) is 19.0 Å². The van der Waals surface area contributed by atoms with Crippen LogP contribution in [0.15, 0.2) is 4.52 Å². The smallest absolute Gasteiger partial charge is 0.303 e. The first-order valence-electron chi connectivity index (χ1n) is 4.67. The second-order valence-corrected chi connectivity index (χ2v) is 3.25. The molecule has 1 atom stereocenters. The lowest BCUT2D eigenvalue weighted by atomic mass is 10.1. The van der Waals surface area contributed by atoms with E-state index in [0.29, 0.717) is 18.1 Å². The zero-order valence-electron chi connectivity index (χ0n) is 8.36. The summed E-state index contributed by atoms with van der Waals surface area (Å²) >= 11 is 0. The maximum absolute atomic E-state index is 10.3. The van der Waals surface area contributed by atoms with Gasteiger partial charge >= 0.3 is 5.97 Å². The van der Waals surface area contributed by atoms with Crippen LogP contribution in [0.5, 0.6) is 0 Å². The van der Waals surface area contributed by atoms with Crippen molar-refractivity contribution >= 4 is 5.97 Å². The summed E-state index contributed by atoms with van der Waals surface area (Å²) in [4.78, 5) is 14.4. The third-order valence-corrected chi connectivity index (χ3v) is 2.09. The molecule has 5 nitrogen and oxygen atoms in total. The van der Waals surface area contributed by atoms with Crippen molar-refractivity contribution in [3.8, 4) is 0 Å². The summed E-state index contributed by atoms with van der Waals surface area (Å²) in [5.41, 5.74) is 0. The summed E-state index contributed by atoms with van der Waals surface area (Å²) in [6.45, 7) is 4.05. The van der Waals surface area contributed by atoms with Gasteiger partial charge in [0.05, 0.1) is 6.42 Å². The standard InChI is InChI=1S/C9H14N2O3/c1-3-6(2)9-10-7(14-11-9)4-5-8(12)13/h6H,3-5H2,1-2H3,(H,12,13). The van der Waals surface area contributed by atoms with Gasteiger partial charge in [-0.3, -0.25) is 4.79 Å². The predicted molar refractivity (Wildman–Crippen MR) is 49.0 cm³/mol. The molecule has 5 heteroatoms. The lowest BCUT2D eigenvalue weighted by Gasteiger charge is -1.98. The molecule has 1 unspecified atom stereocenters. The first-order chi connectivity index (χ1) is 6.63. The van der Waals surface area contributed by atoms with Crippen molar-refractivity contribution in [1.29, 1.82) is 0 Å². The third-order valence-electron chi connectivity index (χ3n) is 2.09. The molecule has 0 aromatic carbocycles. The van der Waals surface area contributed by atoms with Gasteiger partial charge in [0.15, 0.2) is 5.82 Å². The molecule has 78 valence electrons. The highest BCUT2D eigenvalue weighted by atomic mass is 16.5. The fourth-order valence-corrected chi connectivity index (χ4v) is 0.966. The number of carbonyl (C=O) groups is 1. The molecular formula is C9H14N2O3. The Balaban J connectivity index is 2.54. The van der Waals surface area contributed by atoms with E-state index in [-0.39, 0.29) is 12.3 Å². The van der Waals surface area contributed by atoms with Crippen molar-refractivity contribution in [3.05, 3.63) is 11.7 Å². The number of aromatic nitrogens is 2. The van der Waals surface area contributed by atoms with Crippen molar-refractivity contribution in [2.24, 2.45) is 0 Å². The molecule has 0 aliphatic carbocycles. The number of hydrogen-bond acceptors (Lipinski definition) is 4. The van der Waals surface area contributed by atoms with Gasteiger partial charge in [0.1, 0.15) is 0 Å². The monoisotopic (exact) mass is 198 g/mol. The van der Waals surface area contributed by atoms with E-state index >= 15 is 0 Å². The Bertz CT molecular complexity index is 309. The van der Waals surface area contributed by atoms with Crippen LogP contribution >= 0.6 is 0 Å². The lowest BCUT2D eigenvalue weighted by Crippen LogP contribution is -1.98. The van der Waals surface area contributed by atoms with Gasteiger partial charge in [0.25, 0.3) is 0 Å². The van der Waals surface area contributed by atoms with Gasteiger partial charge in [-0.05, 0) is 6.42 Å². The molecule has 1 heterocycles. The molecule has 0 amide bonds. The Morgan fingerprint density at radius 1 is 1.64 bits per heavy atom. The number of aliphatic carboxylic acids is 1. The number of nitrogens with zero attached hydrogens (tertiary/aromatic N) is 2. The number of rotatable bonds is 5. The van der Waals surface area contributed by atoms with E-state index < -0.39 is 5.97 Å². The lowest BCUT2D eigenvalue weighted by molar-refractivity contribution is -0.137. The number of carboxylic acids is 1. The fourth-order valence-electron chi connectivity index (χ4n) is 0.966. The highest BCUT2D eigenvalue weighted by molar-refractivity contribution is 5.66. The first kappa shape index (κ1) is 10.7. The minimum absolute atomic E-state index is 0.0299. The molecule has 1 aromatic rings. The minimum Gasteiger partial charge on any atom is -0.481 e. The molecule has 1 aromatic heterocycles. The molecule has 0 saturated carbocycles. The van der Waals surface area contributed by atoms with Crippen LogP contribution in [0, 0.1) is 0 Å². The maximum atomic E-state index is 10.3. The van der Waals surface area contributed by atoms with Crippen LogP contribution in [0.25, 0.3) is 0 Å². The summed E-state index contributed by atoms with van der Waals surface area (Å²) < 4.78 is 4.91. The minimum atomic E-state index is -0.853. The van der Waals surface area contributed by atoms with Crippen LogP contribution in [0.3, 0.4) is 0 Å². The van der Waals surface area contributed by atoms with Crippen LogP contribution in [-0.4, -0.2) is 21.2 Å². The van der Waals surface area contributed by atoms with E-state index in [4.69, 9.17) is 9.63 Å². The van der Waals surface area contributed by atoms with Gasteiger partial charge in [-0.25, -0.2) is 0 Å². The van der Waals surface area contributed by atoms with Crippen molar-refractivity contribution in [2.75, 3.05) is 0 Å². The maximum Gasteiger partial charge on any atom is 0.303 e. The highest BCUT2D eigenvalue weighted by Crippen LogP contribution is 2.15. The Hall–Kier alpha value is -1.39. The van der Waals surface area contributed by atoms with Gasteiger partial charge in [-0.15, -0.1) is 0 Å². The topological polar surface area (TPSA) is 76.2 Å². The average Bonchev–Trinajstić information content (AvgIpc) is 2.62. The Morgan fingerprint density at radius 2 is 2.36 bits per heavy atom. The highest BCUT2D eigenvalue weighted by Gasteiger charge is 2.12. The Labute approximate surface area is 82.1 Å². The second-order valence-electron chi connectivity index (χ2n) is 3.25. The predicted octanol–water partition coefficient (Wildman–Crippen LogP) is 1.60. The van der Waals surface area contributed by atoms with Crippen molar-refractivity contribution in [1.82, 2.24) is 10.1 Å². The van der Waals surface area contributed by atoms with Crippen LogP contribution in [0.2, 0.25) is 0 Å². The van der Waals surface area contributed by atoms with Gasteiger partial charge < -0.3 is 9.63 Å². The van der Waals surface area contributed by atoms with Crippen molar-refractivity contribution in [2.45, 2.75) is 39.0 Å². The summed E-state index contributed by atoms with van der Waals surface area (Å²) in [5, 5.41) is 12.2. The van der Waals surface area contributed by atoms with Crippen LogP contribution in [0.1, 0.15) is 44.3 Å². The van der Waals surface area contributed by atoms with Gasteiger partial charge in [0.2, 0.25) is 5.89 Å². The molecule has 1 rings (SSSR count). The quantitative estimate of drug-likeness (QED) is 0.777. The number of hydrogen-bond donors (Lipinski definition) is 1.